The van der Waals surface area contributed by atoms with Crippen LogP contribution in [-0.2, 0) is 0 Å². The van der Waals surface area contributed by atoms with E-state index in [1.54, 1.807) is 21.0 Å². The van der Waals surface area contributed by atoms with E-state index in [4.69, 9.17) is 14.7 Å². The van der Waals surface area contributed by atoms with E-state index in [2.05, 4.69) is 19.9 Å². The van der Waals surface area contributed by atoms with Gasteiger partial charge in [0.05, 0.1) is 7.11 Å². The average molecular weight is 247 g/mol. The molecule has 0 amide bonds. The Morgan fingerprint density at radius 3 is 2.56 bits per heavy atom. The number of ether oxygens (including phenoxy) is 2. The van der Waals surface area contributed by atoms with Crippen LogP contribution in [0, 0.1) is 11.3 Å². The molecular weight excluding hydrogens is 226 g/mol. The highest BCUT2D eigenvalue weighted by Crippen LogP contribution is 2.33. The van der Waals surface area contributed by atoms with Crippen molar-refractivity contribution in [2.24, 2.45) is 0 Å². The van der Waals surface area contributed by atoms with E-state index in [9.17, 15) is 0 Å². The standard InChI is InChI=1S/C15H21NO2/c1-6-11(2)13-8-7-12(9-14(13)17-5)18-15(3,4)10-16/h7-9,11H,6H2,1-5H3. The topological polar surface area (TPSA) is 42.2 Å². The molecular formula is C15H21NO2. The molecule has 1 rings (SSSR count). The summed E-state index contributed by atoms with van der Waals surface area (Å²) in [5.74, 6) is 1.92. The molecule has 0 bridgehead atoms. The van der Waals surface area contributed by atoms with E-state index >= 15 is 0 Å². The number of rotatable bonds is 5. The number of methoxy groups -OCH3 is 1. The van der Waals surface area contributed by atoms with Gasteiger partial charge in [-0.2, -0.15) is 5.26 Å². The lowest BCUT2D eigenvalue weighted by molar-refractivity contribution is 0.169. The maximum atomic E-state index is 8.96. The zero-order valence-electron chi connectivity index (χ0n) is 11.8. The molecule has 0 spiro atoms. The Morgan fingerprint density at radius 2 is 2.06 bits per heavy atom. The molecule has 0 aromatic heterocycles. The van der Waals surface area contributed by atoms with Crippen LogP contribution >= 0.6 is 0 Å². The van der Waals surface area contributed by atoms with Gasteiger partial charge in [-0.05, 0) is 37.8 Å². The van der Waals surface area contributed by atoms with Crippen molar-refractivity contribution >= 4 is 0 Å². The van der Waals surface area contributed by atoms with Crippen molar-refractivity contribution < 1.29 is 9.47 Å². The molecule has 98 valence electrons. The molecule has 0 heterocycles. The van der Waals surface area contributed by atoms with Crippen LogP contribution in [0.15, 0.2) is 18.2 Å². The van der Waals surface area contributed by atoms with Crippen LogP contribution in [0.25, 0.3) is 0 Å². The van der Waals surface area contributed by atoms with Crippen molar-refractivity contribution in [3.8, 4) is 17.6 Å². The summed E-state index contributed by atoms with van der Waals surface area (Å²) < 4.78 is 11.0. The molecule has 0 N–H and O–H groups in total. The zero-order chi connectivity index (χ0) is 13.8. The van der Waals surface area contributed by atoms with E-state index < -0.39 is 5.60 Å². The fourth-order valence-corrected chi connectivity index (χ4v) is 1.70. The molecule has 1 aromatic rings. The van der Waals surface area contributed by atoms with Gasteiger partial charge >= 0.3 is 0 Å². The van der Waals surface area contributed by atoms with Crippen LogP contribution < -0.4 is 9.47 Å². The van der Waals surface area contributed by atoms with E-state index in [1.165, 1.54) is 5.56 Å². The van der Waals surface area contributed by atoms with Gasteiger partial charge in [0.1, 0.15) is 17.6 Å². The van der Waals surface area contributed by atoms with E-state index in [0.717, 1.165) is 12.2 Å². The molecule has 1 unspecified atom stereocenters. The minimum atomic E-state index is -0.830. The second-order valence-electron chi connectivity index (χ2n) is 4.94. The summed E-state index contributed by atoms with van der Waals surface area (Å²) in [6.45, 7) is 7.79. The minimum Gasteiger partial charge on any atom is -0.496 e. The second kappa shape index (κ2) is 5.77. The summed E-state index contributed by atoms with van der Waals surface area (Å²) in [5, 5.41) is 8.96. The normalized spacial score (nSPS) is 12.7. The second-order valence-corrected chi connectivity index (χ2v) is 4.94. The maximum Gasteiger partial charge on any atom is 0.188 e. The quantitative estimate of drug-likeness (QED) is 0.792. The fourth-order valence-electron chi connectivity index (χ4n) is 1.70. The highest BCUT2D eigenvalue weighted by Gasteiger charge is 2.19. The number of hydrogen-bond donors (Lipinski definition) is 0. The third-order valence-corrected chi connectivity index (χ3v) is 2.99. The minimum absolute atomic E-state index is 0.443. The molecule has 0 aliphatic heterocycles. The Hall–Kier alpha value is -1.69. The van der Waals surface area contributed by atoms with Gasteiger partial charge in [-0.1, -0.05) is 19.9 Å². The van der Waals surface area contributed by atoms with Crippen molar-refractivity contribution in [3.05, 3.63) is 23.8 Å². The van der Waals surface area contributed by atoms with E-state index in [-0.39, 0.29) is 0 Å². The molecule has 1 atom stereocenters. The summed E-state index contributed by atoms with van der Waals surface area (Å²) in [4.78, 5) is 0. The number of nitrogens with zero attached hydrogens (tertiary/aromatic N) is 1. The summed E-state index contributed by atoms with van der Waals surface area (Å²) in [5.41, 5.74) is 0.338. The highest BCUT2D eigenvalue weighted by atomic mass is 16.5. The predicted molar refractivity (Wildman–Crippen MR) is 72.0 cm³/mol. The van der Waals surface area contributed by atoms with Gasteiger partial charge in [0.2, 0.25) is 0 Å². The van der Waals surface area contributed by atoms with Gasteiger partial charge in [0, 0.05) is 6.07 Å². The molecule has 0 aliphatic rings. The summed E-state index contributed by atoms with van der Waals surface area (Å²) in [6, 6.07) is 7.86. The van der Waals surface area contributed by atoms with Crippen LogP contribution in [0.4, 0.5) is 0 Å². The fraction of sp³-hybridized carbons (Fsp3) is 0.533. The highest BCUT2D eigenvalue weighted by molar-refractivity contribution is 5.43. The van der Waals surface area contributed by atoms with Gasteiger partial charge in [0.15, 0.2) is 5.60 Å². The first-order valence-electron chi connectivity index (χ1n) is 6.21. The molecule has 0 saturated carbocycles. The lowest BCUT2D eigenvalue weighted by Gasteiger charge is -2.20. The molecule has 0 radical (unpaired) electrons. The van der Waals surface area contributed by atoms with Crippen LogP contribution in [0.3, 0.4) is 0 Å². The maximum absolute atomic E-state index is 8.96. The number of nitriles is 1. The van der Waals surface area contributed by atoms with Crippen LogP contribution in [0.1, 0.15) is 45.6 Å². The molecule has 1 aromatic carbocycles. The van der Waals surface area contributed by atoms with Gasteiger partial charge in [-0.25, -0.2) is 0 Å². The summed E-state index contributed by atoms with van der Waals surface area (Å²) >= 11 is 0. The summed E-state index contributed by atoms with van der Waals surface area (Å²) in [7, 11) is 1.65. The predicted octanol–water partition coefficient (Wildman–Crippen LogP) is 3.89. The SMILES string of the molecule is CCC(C)c1ccc(OC(C)(C)C#N)cc1OC. The van der Waals surface area contributed by atoms with Crippen molar-refractivity contribution in [3.63, 3.8) is 0 Å². The molecule has 18 heavy (non-hydrogen) atoms. The van der Waals surface area contributed by atoms with Gasteiger partial charge in [0.25, 0.3) is 0 Å². The van der Waals surface area contributed by atoms with Gasteiger partial charge in [-0.15, -0.1) is 0 Å². The van der Waals surface area contributed by atoms with Crippen molar-refractivity contribution in [1.82, 2.24) is 0 Å². The van der Waals surface area contributed by atoms with Gasteiger partial charge in [-0.3, -0.25) is 0 Å². The monoisotopic (exact) mass is 247 g/mol. The van der Waals surface area contributed by atoms with Crippen molar-refractivity contribution in [2.45, 2.75) is 45.6 Å². The van der Waals surface area contributed by atoms with Crippen molar-refractivity contribution in [1.29, 1.82) is 5.26 Å². The van der Waals surface area contributed by atoms with Crippen molar-refractivity contribution in [2.75, 3.05) is 7.11 Å². The Balaban J connectivity index is 3.03. The van der Waals surface area contributed by atoms with Crippen LogP contribution in [0.5, 0.6) is 11.5 Å². The molecule has 0 saturated heterocycles. The zero-order valence-corrected chi connectivity index (χ0v) is 11.8. The average Bonchev–Trinajstić information content (AvgIpc) is 2.37. The first-order valence-corrected chi connectivity index (χ1v) is 6.21. The third-order valence-electron chi connectivity index (χ3n) is 2.99. The van der Waals surface area contributed by atoms with E-state index in [1.807, 2.05) is 18.2 Å². The number of hydrogen-bond acceptors (Lipinski definition) is 3. The Morgan fingerprint density at radius 1 is 1.39 bits per heavy atom. The Bertz CT molecular complexity index is 446. The smallest absolute Gasteiger partial charge is 0.188 e. The lowest BCUT2D eigenvalue weighted by Crippen LogP contribution is -2.25. The first-order chi connectivity index (χ1) is 8.43. The Kier molecular flexibility index (Phi) is 4.61. The molecule has 0 fully saturated rings. The van der Waals surface area contributed by atoms with Crippen LogP contribution in [-0.4, -0.2) is 12.7 Å². The Labute approximate surface area is 109 Å². The molecule has 3 nitrogen and oxygen atoms in total. The first kappa shape index (κ1) is 14.4. The number of benzene rings is 1. The summed E-state index contributed by atoms with van der Waals surface area (Å²) in [6.07, 6.45) is 1.06. The lowest BCUT2D eigenvalue weighted by atomic mass is 9.97. The van der Waals surface area contributed by atoms with Crippen LogP contribution in [0.2, 0.25) is 0 Å². The van der Waals surface area contributed by atoms with Gasteiger partial charge < -0.3 is 9.47 Å². The third kappa shape index (κ3) is 3.40. The molecule has 0 aliphatic carbocycles. The molecule has 3 heteroatoms. The largest absolute Gasteiger partial charge is 0.496 e. The van der Waals surface area contributed by atoms with E-state index in [0.29, 0.717) is 11.7 Å².